The van der Waals surface area contributed by atoms with Gasteiger partial charge in [0.15, 0.2) is 5.82 Å². The van der Waals surface area contributed by atoms with Crippen molar-refractivity contribution in [2.75, 3.05) is 16.5 Å². The maximum absolute atomic E-state index is 12.4. The zero-order valence-electron chi connectivity index (χ0n) is 12.1. The van der Waals surface area contributed by atoms with Crippen LogP contribution in [0.5, 0.6) is 0 Å². The van der Waals surface area contributed by atoms with Gasteiger partial charge < -0.3 is 22.2 Å². The van der Waals surface area contributed by atoms with E-state index in [-0.39, 0.29) is 12.1 Å². The first kappa shape index (κ1) is 13.6. The minimum Gasteiger partial charge on any atom is -0.382 e. The fourth-order valence-electron chi connectivity index (χ4n) is 2.63. The van der Waals surface area contributed by atoms with Crippen molar-refractivity contribution in [1.29, 1.82) is 0 Å². The topological polar surface area (TPSA) is 134 Å². The van der Waals surface area contributed by atoms with Gasteiger partial charge in [-0.2, -0.15) is 5.10 Å². The molecule has 2 aromatic carbocycles. The molecule has 4 rings (SSSR count). The predicted molar refractivity (Wildman–Crippen MR) is 88.6 cm³/mol. The molecule has 1 aromatic heterocycles. The standard InChI is InChI=1S/C15H15N7O/c16-13-9-3-1-7(5-12(9)20-21-13)15(23)18-8-2-4-11-10(6-8)14(17)22-19-11/h1-6,13,20-21H,16H2,(H,18,23)(H3,17,19,22). The Morgan fingerprint density at radius 2 is 2.09 bits per heavy atom. The molecule has 116 valence electrons. The van der Waals surface area contributed by atoms with Crippen molar-refractivity contribution < 1.29 is 4.79 Å². The summed E-state index contributed by atoms with van der Waals surface area (Å²) in [4.78, 5) is 12.4. The normalized spacial score (nSPS) is 16.1. The number of hydrogen-bond acceptors (Lipinski definition) is 6. The SMILES string of the molecule is Nc1n[nH]c2ccc(NC(=O)c3ccc4c(c3)NNC4N)cc12. The van der Waals surface area contributed by atoms with Gasteiger partial charge in [0.05, 0.1) is 11.2 Å². The van der Waals surface area contributed by atoms with E-state index in [2.05, 4.69) is 26.4 Å². The van der Waals surface area contributed by atoms with Gasteiger partial charge in [0.25, 0.3) is 5.91 Å². The quantitative estimate of drug-likeness (QED) is 0.422. The third kappa shape index (κ3) is 2.26. The summed E-state index contributed by atoms with van der Waals surface area (Å²) in [6.07, 6.45) is -0.270. The first-order chi connectivity index (χ1) is 11.1. The molecule has 0 saturated carbocycles. The van der Waals surface area contributed by atoms with E-state index < -0.39 is 0 Å². The Morgan fingerprint density at radius 1 is 1.22 bits per heavy atom. The van der Waals surface area contributed by atoms with Gasteiger partial charge in [-0.15, -0.1) is 0 Å². The number of rotatable bonds is 2. The number of fused-ring (bicyclic) bond motifs is 2. The number of hydrogen-bond donors (Lipinski definition) is 6. The van der Waals surface area contributed by atoms with Crippen LogP contribution in [0.25, 0.3) is 10.9 Å². The summed E-state index contributed by atoms with van der Waals surface area (Å²) in [6, 6.07) is 10.7. The zero-order valence-corrected chi connectivity index (χ0v) is 12.1. The molecule has 1 atom stereocenters. The molecule has 3 aromatic rings. The van der Waals surface area contributed by atoms with Crippen LogP contribution < -0.4 is 27.6 Å². The van der Waals surface area contributed by atoms with Crippen LogP contribution in [0.2, 0.25) is 0 Å². The van der Waals surface area contributed by atoms with Crippen LogP contribution >= 0.6 is 0 Å². The fraction of sp³-hybridized carbons (Fsp3) is 0.0667. The Morgan fingerprint density at radius 3 is 2.96 bits per heavy atom. The van der Waals surface area contributed by atoms with Crippen LogP contribution in [0, 0.1) is 0 Å². The molecule has 0 aliphatic carbocycles. The van der Waals surface area contributed by atoms with Crippen molar-refractivity contribution in [2.24, 2.45) is 5.73 Å². The Hall–Kier alpha value is -3.10. The molecule has 8 nitrogen and oxygen atoms in total. The number of aromatic nitrogens is 2. The van der Waals surface area contributed by atoms with E-state index in [4.69, 9.17) is 11.5 Å². The Bertz CT molecular complexity index is 917. The van der Waals surface area contributed by atoms with E-state index in [1.54, 1.807) is 24.3 Å². The molecule has 2 heterocycles. The van der Waals surface area contributed by atoms with Gasteiger partial charge in [0.1, 0.15) is 6.17 Å². The minimum absolute atomic E-state index is 0.212. The smallest absolute Gasteiger partial charge is 0.255 e. The highest BCUT2D eigenvalue weighted by molar-refractivity contribution is 6.06. The molecule has 1 aliphatic heterocycles. The molecule has 1 aliphatic rings. The molecule has 0 saturated heterocycles. The van der Waals surface area contributed by atoms with Gasteiger partial charge in [0, 0.05) is 22.2 Å². The highest BCUT2D eigenvalue weighted by Gasteiger charge is 2.19. The monoisotopic (exact) mass is 309 g/mol. The minimum atomic E-state index is -0.270. The van der Waals surface area contributed by atoms with Crippen LogP contribution in [-0.2, 0) is 0 Å². The third-order valence-electron chi connectivity index (χ3n) is 3.86. The van der Waals surface area contributed by atoms with Crippen molar-refractivity contribution >= 4 is 34.0 Å². The van der Waals surface area contributed by atoms with E-state index in [0.29, 0.717) is 17.1 Å². The maximum atomic E-state index is 12.4. The molecule has 0 radical (unpaired) electrons. The molecule has 0 fully saturated rings. The number of aromatic amines is 1. The summed E-state index contributed by atoms with van der Waals surface area (Å²) in [7, 11) is 0. The van der Waals surface area contributed by atoms with Crippen LogP contribution in [0.3, 0.4) is 0 Å². The highest BCUT2D eigenvalue weighted by atomic mass is 16.1. The first-order valence-electron chi connectivity index (χ1n) is 7.08. The van der Waals surface area contributed by atoms with Crippen LogP contribution in [-0.4, -0.2) is 16.1 Å². The molecule has 0 bridgehead atoms. The molecule has 1 amide bonds. The van der Waals surface area contributed by atoms with E-state index in [1.807, 2.05) is 12.1 Å². The van der Waals surface area contributed by atoms with Gasteiger partial charge in [0.2, 0.25) is 0 Å². The summed E-state index contributed by atoms with van der Waals surface area (Å²) in [5, 5.41) is 10.4. The van der Waals surface area contributed by atoms with Gasteiger partial charge >= 0.3 is 0 Å². The second kappa shape index (κ2) is 4.97. The molecule has 8 N–H and O–H groups in total. The second-order valence-electron chi connectivity index (χ2n) is 5.37. The lowest BCUT2D eigenvalue weighted by Crippen LogP contribution is -2.25. The van der Waals surface area contributed by atoms with Crippen molar-refractivity contribution in [2.45, 2.75) is 6.17 Å². The third-order valence-corrected chi connectivity index (χ3v) is 3.86. The van der Waals surface area contributed by atoms with Gasteiger partial charge in [-0.25, -0.2) is 5.43 Å². The summed E-state index contributed by atoms with van der Waals surface area (Å²) in [5.41, 5.74) is 21.2. The number of carbonyl (C=O) groups is 1. The van der Waals surface area contributed by atoms with E-state index in [1.165, 1.54) is 0 Å². The molecule has 1 unspecified atom stereocenters. The number of nitrogen functional groups attached to an aromatic ring is 1. The maximum Gasteiger partial charge on any atom is 0.255 e. The lowest BCUT2D eigenvalue weighted by atomic mass is 10.1. The second-order valence-corrected chi connectivity index (χ2v) is 5.37. The average molecular weight is 309 g/mol. The number of benzene rings is 2. The largest absolute Gasteiger partial charge is 0.382 e. The van der Waals surface area contributed by atoms with E-state index in [0.717, 1.165) is 22.2 Å². The van der Waals surface area contributed by atoms with Crippen LogP contribution in [0.4, 0.5) is 17.2 Å². The summed E-state index contributed by atoms with van der Waals surface area (Å²) < 4.78 is 0. The molecule has 23 heavy (non-hydrogen) atoms. The molecule has 8 heteroatoms. The Kier molecular flexibility index (Phi) is 2.93. The number of hydrazine groups is 1. The van der Waals surface area contributed by atoms with Crippen molar-refractivity contribution in [1.82, 2.24) is 15.6 Å². The number of anilines is 3. The number of nitrogens with one attached hydrogen (secondary N) is 4. The van der Waals surface area contributed by atoms with E-state index in [9.17, 15) is 4.79 Å². The first-order valence-corrected chi connectivity index (χ1v) is 7.08. The van der Waals surface area contributed by atoms with Crippen LogP contribution in [0.1, 0.15) is 22.1 Å². The summed E-state index contributed by atoms with van der Waals surface area (Å²) in [6.45, 7) is 0. The fourth-order valence-corrected chi connectivity index (χ4v) is 2.63. The highest BCUT2D eigenvalue weighted by Crippen LogP contribution is 2.27. The molecular weight excluding hydrogens is 294 g/mol. The number of H-pyrrole nitrogens is 1. The summed E-state index contributed by atoms with van der Waals surface area (Å²) in [5.74, 6) is 0.189. The van der Waals surface area contributed by atoms with Crippen molar-refractivity contribution in [3.63, 3.8) is 0 Å². The van der Waals surface area contributed by atoms with Crippen molar-refractivity contribution in [3.05, 3.63) is 47.5 Å². The van der Waals surface area contributed by atoms with Crippen molar-refractivity contribution in [3.8, 4) is 0 Å². The van der Waals surface area contributed by atoms with Gasteiger partial charge in [-0.3, -0.25) is 9.89 Å². The Balaban J connectivity index is 1.60. The lowest BCUT2D eigenvalue weighted by molar-refractivity contribution is 0.102. The van der Waals surface area contributed by atoms with E-state index >= 15 is 0 Å². The predicted octanol–water partition coefficient (Wildman–Crippen LogP) is 1.28. The number of carbonyl (C=O) groups excluding carboxylic acids is 1. The number of amides is 1. The van der Waals surface area contributed by atoms with Crippen LogP contribution in [0.15, 0.2) is 36.4 Å². The Labute approximate surface area is 131 Å². The number of nitrogens with two attached hydrogens (primary N) is 2. The number of nitrogens with zero attached hydrogens (tertiary/aromatic N) is 1. The van der Waals surface area contributed by atoms with Gasteiger partial charge in [-0.05, 0) is 30.3 Å². The average Bonchev–Trinajstić information content (AvgIpc) is 3.11. The summed E-state index contributed by atoms with van der Waals surface area (Å²) >= 11 is 0. The lowest BCUT2D eigenvalue weighted by Gasteiger charge is -2.07. The molecule has 0 spiro atoms. The van der Waals surface area contributed by atoms with Gasteiger partial charge in [-0.1, -0.05) is 6.07 Å². The zero-order chi connectivity index (χ0) is 16.0. The molecular formula is C15H15N7O.